The minimum absolute atomic E-state index is 0.382. The van der Waals surface area contributed by atoms with Gasteiger partial charge in [0.1, 0.15) is 0 Å². The van der Waals surface area contributed by atoms with Crippen LogP contribution < -0.4 is 5.73 Å². The van der Waals surface area contributed by atoms with Gasteiger partial charge in [-0.1, -0.05) is 37.3 Å². The molecule has 1 aromatic carbocycles. The number of hydrogen-bond donors (Lipinski definition) is 1. The first-order chi connectivity index (χ1) is 8.31. The van der Waals surface area contributed by atoms with Gasteiger partial charge in [0.15, 0.2) is 5.82 Å². The summed E-state index contributed by atoms with van der Waals surface area (Å²) in [4.78, 5) is 0. The van der Waals surface area contributed by atoms with E-state index in [0.29, 0.717) is 12.5 Å². The monoisotopic (exact) mass is 231 g/mol. The molecule has 17 heavy (non-hydrogen) atoms. The van der Waals surface area contributed by atoms with Crippen LogP contribution >= 0.6 is 0 Å². The van der Waals surface area contributed by atoms with Gasteiger partial charge in [-0.2, -0.15) is 0 Å². The second-order valence-electron chi connectivity index (χ2n) is 4.12. The number of benzene rings is 1. The van der Waals surface area contributed by atoms with Crippen molar-refractivity contribution in [1.82, 2.24) is 20.2 Å². The van der Waals surface area contributed by atoms with Gasteiger partial charge in [-0.05, 0) is 28.3 Å². The SMILES string of the molecule is CC(CCn1nnnc1CN)c1ccccc1. The van der Waals surface area contributed by atoms with E-state index in [0.717, 1.165) is 18.8 Å². The van der Waals surface area contributed by atoms with Gasteiger partial charge < -0.3 is 5.73 Å². The van der Waals surface area contributed by atoms with E-state index in [1.165, 1.54) is 5.56 Å². The molecule has 0 aliphatic heterocycles. The molecule has 2 rings (SSSR count). The van der Waals surface area contributed by atoms with Crippen molar-refractivity contribution in [3.63, 3.8) is 0 Å². The Bertz CT molecular complexity index is 451. The third-order valence-electron chi connectivity index (χ3n) is 2.93. The van der Waals surface area contributed by atoms with E-state index < -0.39 is 0 Å². The maximum atomic E-state index is 5.55. The maximum Gasteiger partial charge on any atom is 0.164 e. The average molecular weight is 231 g/mol. The first-order valence-corrected chi connectivity index (χ1v) is 5.81. The van der Waals surface area contributed by atoms with E-state index >= 15 is 0 Å². The predicted molar refractivity (Wildman–Crippen MR) is 65.2 cm³/mol. The molecule has 1 unspecified atom stereocenters. The van der Waals surface area contributed by atoms with Crippen molar-refractivity contribution < 1.29 is 0 Å². The van der Waals surface area contributed by atoms with Crippen LogP contribution in [-0.2, 0) is 13.1 Å². The molecule has 1 heterocycles. The highest BCUT2D eigenvalue weighted by Crippen LogP contribution is 2.18. The Morgan fingerprint density at radius 3 is 2.76 bits per heavy atom. The van der Waals surface area contributed by atoms with E-state index in [-0.39, 0.29) is 0 Å². The zero-order chi connectivity index (χ0) is 12.1. The summed E-state index contributed by atoms with van der Waals surface area (Å²) in [6, 6.07) is 10.5. The fourth-order valence-corrected chi connectivity index (χ4v) is 1.81. The standard InChI is InChI=1S/C12H17N5/c1-10(11-5-3-2-4-6-11)7-8-17-12(9-13)14-15-16-17/h2-6,10H,7-9,13H2,1H3. The van der Waals surface area contributed by atoms with Crippen molar-refractivity contribution in [2.45, 2.75) is 32.4 Å². The second-order valence-corrected chi connectivity index (χ2v) is 4.12. The molecule has 0 fully saturated rings. The molecule has 0 saturated heterocycles. The lowest BCUT2D eigenvalue weighted by Gasteiger charge is -2.11. The summed E-state index contributed by atoms with van der Waals surface area (Å²) >= 11 is 0. The van der Waals surface area contributed by atoms with Crippen LogP contribution in [0, 0.1) is 0 Å². The Hall–Kier alpha value is -1.75. The van der Waals surface area contributed by atoms with Crippen molar-refractivity contribution in [3.8, 4) is 0 Å². The van der Waals surface area contributed by atoms with Gasteiger partial charge in [-0.3, -0.25) is 0 Å². The third kappa shape index (κ3) is 2.88. The molecule has 1 aromatic heterocycles. The number of aryl methyl sites for hydroxylation is 1. The van der Waals surface area contributed by atoms with Gasteiger partial charge in [0.05, 0.1) is 6.54 Å². The van der Waals surface area contributed by atoms with Crippen LogP contribution in [0.1, 0.15) is 30.7 Å². The lowest BCUT2D eigenvalue weighted by Crippen LogP contribution is -2.11. The molecule has 0 bridgehead atoms. The Labute approximate surface area is 101 Å². The zero-order valence-electron chi connectivity index (χ0n) is 9.95. The minimum Gasteiger partial charge on any atom is -0.324 e. The topological polar surface area (TPSA) is 69.6 Å². The minimum atomic E-state index is 0.382. The molecule has 5 heteroatoms. The van der Waals surface area contributed by atoms with E-state index in [1.807, 2.05) is 6.07 Å². The fourth-order valence-electron chi connectivity index (χ4n) is 1.81. The summed E-state index contributed by atoms with van der Waals surface area (Å²) in [6.45, 7) is 3.39. The summed E-state index contributed by atoms with van der Waals surface area (Å²) in [5, 5.41) is 11.4. The van der Waals surface area contributed by atoms with Crippen LogP contribution in [0.2, 0.25) is 0 Å². The Morgan fingerprint density at radius 2 is 2.06 bits per heavy atom. The smallest absolute Gasteiger partial charge is 0.164 e. The highest BCUT2D eigenvalue weighted by Gasteiger charge is 2.08. The number of rotatable bonds is 5. The summed E-state index contributed by atoms with van der Waals surface area (Å²) in [6.07, 6.45) is 1.00. The van der Waals surface area contributed by atoms with Crippen molar-refractivity contribution in [2.24, 2.45) is 5.73 Å². The van der Waals surface area contributed by atoms with Crippen LogP contribution in [0.4, 0.5) is 0 Å². The summed E-state index contributed by atoms with van der Waals surface area (Å²) in [7, 11) is 0. The van der Waals surface area contributed by atoms with Crippen molar-refractivity contribution in [2.75, 3.05) is 0 Å². The first-order valence-electron chi connectivity index (χ1n) is 5.81. The molecular weight excluding hydrogens is 214 g/mol. The Kier molecular flexibility index (Phi) is 3.82. The molecule has 2 aromatic rings. The number of nitrogens with two attached hydrogens (primary N) is 1. The van der Waals surface area contributed by atoms with Crippen LogP contribution in [0.25, 0.3) is 0 Å². The lowest BCUT2D eigenvalue weighted by molar-refractivity contribution is 0.504. The van der Waals surface area contributed by atoms with Crippen LogP contribution in [-0.4, -0.2) is 20.2 Å². The maximum absolute atomic E-state index is 5.55. The van der Waals surface area contributed by atoms with Crippen molar-refractivity contribution in [1.29, 1.82) is 0 Å². The number of tetrazole rings is 1. The zero-order valence-corrected chi connectivity index (χ0v) is 9.95. The molecule has 0 spiro atoms. The normalized spacial score (nSPS) is 12.6. The molecule has 0 radical (unpaired) electrons. The van der Waals surface area contributed by atoms with E-state index in [9.17, 15) is 0 Å². The average Bonchev–Trinajstić information content (AvgIpc) is 2.84. The van der Waals surface area contributed by atoms with Gasteiger partial charge in [0, 0.05) is 6.54 Å². The number of hydrogen-bond acceptors (Lipinski definition) is 4. The van der Waals surface area contributed by atoms with Gasteiger partial charge in [0.25, 0.3) is 0 Å². The largest absolute Gasteiger partial charge is 0.324 e. The van der Waals surface area contributed by atoms with Crippen LogP contribution in [0.15, 0.2) is 30.3 Å². The number of nitrogens with zero attached hydrogens (tertiary/aromatic N) is 4. The lowest BCUT2D eigenvalue weighted by atomic mass is 9.98. The van der Waals surface area contributed by atoms with Gasteiger partial charge in [-0.15, -0.1) is 5.10 Å². The van der Waals surface area contributed by atoms with E-state index in [1.54, 1.807) is 4.68 Å². The molecule has 0 aliphatic rings. The molecule has 90 valence electrons. The molecule has 2 N–H and O–H groups in total. The quantitative estimate of drug-likeness (QED) is 0.842. The Balaban J connectivity index is 1.95. The summed E-state index contributed by atoms with van der Waals surface area (Å²) in [5.74, 6) is 1.23. The van der Waals surface area contributed by atoms with Gasteiger partial charge in [0.2, 0.25) is 0 Å². The highest BCUT2D eigenvalue weighted by molar-refractivity contribution is 5.18. The van der Waals surface area contributed by atoms with Gasteiger partial charge in [-0.25, -0.2) is 4.68 Å². The first kappa shape index (κ1) is 11.7. The predicted octanol–water partition coefficient (Wildman–Crippen LogP) is 1.33. The van der Waals surface area contributed by atoms with Crippen LogP contribution in [0.5, 0.6) is 0 Å². The highest BCUT2D eigenvalue weighted by atomic mass is 15.5. The van der Waals surface area contributed by atoms with E-state index in [2.05, 4.69) is 46.7 Å². The molecular formula is C12H17N5. The summed E-state index contributed by atoms with van der Waals surface area (Å²) in [5.41, 5.74) is 6.89. The van der Waals surface area contributed by atoms with E-state index in [4.69, 9.17) is 5.73 Å². The number of aromatic nitrogens is 4. The second kappa shape index (κ2) is 5.54. The Morgan fingerprint density at radius 1 is 1.29 bits per heavy atom. The van der Waals surface area contributed by atoms with Gasteiger partial charge >= 0.3 is 0 Å². The fraction of sp³-hybridized carbons (Fsp3) is 0.417. The van der Waals surface area contributed by atoms with Crippen molar-refractivity contribution in [3.05, 3.63) is 41.7 Å². The molecule has 5 nitrogen and oxygen atoms in total. The summed E-state index contributed by atoms with van der Waals surface area (Å²) < 4.78 is 1.78. The third-order valence-corrected chi connectivity index (χ3v) is 2.93. The molecule has 0 amide bonds. The molecule has 0 aliphatic carbocycles. The van der Waals surface area contributed by atoms with Crippen LogP contribution in [0.3, 0.4) is 0 Å². The van der Waals surface area contributed by atoms with Crippen molar-refractivity contribution >= 4 is 0 Å². The molecule has 0 saturated carbocycles. The molecule has 1 atom stereocenters.